The van der Waals surface area contributed by atoms with E-state index in [4.69, 9.17) is 14.6 Å². The number of ether oxygens (including phenoxy) is 2. The number of carbonyl (C=O) groups is 5. The molecule has 4 rings (SSSR count). The Morgan fingerprint density at radius 3 is 2.34 bits per heavy atom. The van der Waals surface area contributed by atoms with Crippen molar-refractivity contribution in [3.63, 3.8) is 0 Å². The van der Waals surface area contributed by atoms with Gasteiger partial charge in [-0.25, -0.2) is 14.6 Å². The largest absolute Gasteiger partial charge is 0.482 e. The first-order valence-electron chi connectivity index (χ1n) is 13.4. The molecule has 1 aromatic heterocycles. The van der Waals surface area contributed by atoms with Gasteiger partial charge in [0.2, 0.25) is 11.8 Å². The molecule has 3 heterocycles. The number of carbonyl (C=O) groups excluding carboxylic acids is 4. The van der Waals surface area contributed by atoms with Crippen LogP contribution >= 0.6 is 0 Å². The van der Waals surface area contributed by atoms with E-state index in [1.807, 2.05) is 25.7 Å². The highest BCUT2D eigenvalue weighted by atomic mass is 16.6. The van der Waals surface area contributed by atoms with E-state index >= 15 is 0 Å². The highest BCUT2D eigenvalue weighted by Gasteiger charge is 2.37. The van der Waals surface area contributed by atoms with E-state index in [2.05, 4.69) is 4.98 Å². The molecule has 0 saturated carbocycles. The summed E-state index contributed by atoms with van der Waals surface area (Å²) in [6, 6.07) is 4.53. The second kappa shape index (κ2) is 12.5. The molecular formula is C28H35N5O8. The van der Waals surface area contributed by atoms with Crippen LogP contribution in [0.3, 0.4) is 0 Å². The van der Waals surface area contributed by atoms with Crippen molar-refractivity contribution >= 4 is 29.7 Å². The molecule has 0 unspecified atom stereocenters. The summed E-state index contributed by atoms with van der Waals surface area (Å²) in [5.74, 6) is -2.17. The second-order valence-corrected chi connectivity index (χ2v) is 11.1. The zero-order chi connectivity index (χ0) is 29.7. The summed E-state index contributed by atoms with van der Waals surface area (Å²) in [6.07, 6.45) is 5.72. The van der Waals surface area contributed by atoms with E-state index in [-0.39, 0.29) is 37.3 Å². The molecule has 3 amide bonds. The molecule has 2 aliphatic rings. The van der Waals surface area contributed by atoms with Crippen molar-refractivity contribution in [2.45, 2.75) is 51.8 Å². The number of imide groups is 1. The van der Waals surface area contributed by atoms with Crippen LogP contribution in [0.1, 0.15) is 49.5 Å². The Bertz CT molecular complexity index is 1280. The van der Waals surface area contributed by atoms with Crippen LogP contribution in [0.2, 0.25) is 0 Å². The number of Topliss-reactive ketones (excluding diaryl/α,β-unsaturated/α-hetero) is 1. The van der Waals surface area contributed by atoms with Gasteiger partial charge in [0, 0.05) is 42.7 Å². The Balaban J connectivity index is 1.36. The molecule has 1 N–H and O–H groups in total. The van der Waals surface area contributed by atoms with Crippen molar-refractivity contribution in [2.24, 2.45) is 0 Å². The van der Waals surface area contributed by atoms with Crippen LogP contribution < -0.4 is 4.74 Å². The van der Waals surface area contributed by atoms with Crippen LogP contribution in [0.5, 0.6) is 5.75 Å². The standard InChI is InChI=1S/C28H35N5O8/c1-28(2,3)41-27(39)31-9-6-21(7-10-31)32-15-24(35)33(25(36)16-32)14-22(34)19-4-5-23(40-17-26(37)38)20(12-19)13-30-11-8-29-18-30/h4-5,8,11-12,18,21H,6-7,9-10,13-17H2,1-3H3,(H,37,38). The number of likely N-dealkylation sites (tertiary alicyclic amines) is 1. The average molecular weight is 570 g/mol. The molecule has 2 aliphatic heterocycles. The number of benzene rings is 1. The van der Waals surface area contributed by atoms with Gasteiger partial charge in [0.1, 0.15) is 11.4 Å². The van der Waals surface area contributed by atoms with E-state index in [9.17, 15) is 24.0 Å². The van der Waals surface area contributed by atoms with Gasteiger partial charge in [-0.3, -0.25) is 24.2 Å². The molecule has 13 heteroatoms. The minimum atomic E-state index is -1.14. The molecule has 0 aliphatic carbocycles. The Morgan fingerprint density at radius 1 is 1.07 bits per heavy atom. The molecule has 0 bridgehead atoms. The maximum atomic E-state index is 13.2. The molecular weight excluding hydrogens is 534 g/mol. The number of rotatable bonds is 9. The van der Waals surface area contributed by atoms with Crippen molar-refractivity contribution < 1.29 is 38.6 Å². The molecule has 2 saturated heterocycles. The van der Waals surface area contributed by atoms with E-state index in [1.54, 1.807) is 34.3 Å². The molecule has 1 aromatic carbocycles. The zero-order valence-corrected chi connectivity index (χ0v) is 23.4. The Labute approximate surface area is 237 Å². The number of imidazole rings is 1. The molecule has 13 nitrogen and oxygen atoms in total. The number of aromatic nitrogens is 2. The fourth-order valence-electron chi connectivity index (χ4n) is 4.86. The fourth-order valence-corrected chi connectivity index (χ4v) is 4.86. The maximum absolute atomic E-state index is 13.2. The van der Waals surface area contributed by atoms with E-state index < -0.39 is 42.3 Å². The van der Waals surface area contributed by atoms with Crippen LogP contribution in [0, 0.1) is 0 Å². The minimum absolute atomic E-state index is 0.00394. The summed E-state index contributed by atoms with van der Waals surface area (Å²) in [5.41, 5.74) is 0.230. The molecule has 220 valence electrons. The third-order valence-electron chi connectivity index (χ3n) is 6.86. The number of ketones is 1. The van der Waals surface area contributed by atoms with Gasteiger partial charge < -0.3 is 24.0 Å². The van der Waals surface area contributed by atoms with Crippen molar-refractivity contribution in [2.75, 3.05) is 39.3 Å². The van der Waals surface area contributed by atoms with E-state index in [1.165, 1.54) is 12.1 Å². The molecule has 2 aromatic rings. The summed E-state index contributed by atoms with van der Waals surface area (Å²) >= 11 is 0. The summed E-state index contributed by atoms with van der Waals surface area (Å²) in [6.45, 7) is 5.71. The van der Waals surface area contributed by atoms with Crippen molar-refractivity contribution in [1.82, 2.24) is 24.3 Å². The number of carboxylic acid groups (broad SMARTS) is 1. The van der Waals surface area contributed by atoms with Gasteiger partial charge in [-0.1, -0.05) is 0 Å². The zero-order valence-electron chi connectivity index (χ0n) is 23.4. The number of hydrogen-bond donors (Lipinski definition) is 1. The highest BCUT2D eigenvalue weighted by Crippen LogP contribution is 2.24. The number of aliphatic carboxylic acids is 1. The highest BCUT2D eigenvalue weighted by molar-refractivity contribution is 6.06. The van der Waals surface area contributed by atoms with Gasteiger partial charge in [-0.15, -0.1) is 0 Å². The monoisotopic (exact) mass is 569 g/mol. The molecule has 0 radical (unpaired) electrons. The lowest BCUT2D eigenvalue weighted by molar-refractivity contribution is -0.152. The summed E-state index contributed by atoms with van der Waals surface area (Å²) in [5, 5.41) is 8.98. The molecule has 2 fully saturated rings. The van der Waals surface area contributed by atoms with Crippen LogP contribution in [-0.4, -0.2) is 110 Å². The van der Waals surface area contributed by atoms with Gasteiger partial charge in [-0.2, -0.15) is 0 Å². The van der Waals surface area contributed by atoms with E-state index in [0.717, 1.165) is 4.90 Å². The van der Waals surface area contributed by atoms with Crippen LogP contribution in [-0.2, 0) is 25.7 Å². The lowest BCUT2D eigenvalue weighted by Gasteiger charge is -2.41. The lowest BCUT2D eigenvalue weighted by Crippen LogP contribution is -2.59. The predicted molar refractivity (Wildman–Crippen MR) is 144 cm³/mol. The number of piperidine rings is 1. The first kappa shape index (κ1) is 29.7. The Hall–Kier alpha value is -4.26. The smallest absolute Gasteiger partial charge is 0.410 e. The predicted octanol–water partition coefficient (Wildman–Crippen LogP) is 1.65. The van der Waals surface area contributed by atoms with E-state index in [0.29, 0.717) is 37.2 Å². The average Bonchev–Trinajstić information content (AvgIpc) is 3.42. The molecule has 0 atom stereocenters. The minimum Gasteiger partial charge on any atom is -0.482 e. The number of carboxylic acids is 1. The normalized spacial score (nSPS) is 17.0. The third-order valence-corrected chi connectivity index (χ3v) is 6.86. The summed E-state index contributed by atoms with van der Waals surface area (Å²) in [4.78, 5) is 70.9. The number of piperazine rings is 1. The number of nitrogens with zero attached hydrogens (tertiary/aromatic N) is 5. The van der Waals surface area contributed by atoms with Gasteiger partial charge in [-0.05, 0) is 51.8 Å². The first-order valence-corrected chi connectivity index (χ1v) is 13.4. The molecule has 0 spiro atoms. The maximum Gasteiger partial charge on any atom is 0.410 e. The summed E-state index contributed by atoms with van der Waals surface area (Å²) < 4.78 is 12.5. The third kappa shape index (κ3) is 7.91. The number of amides is 3. The number of hydrogen-bond acceptors (Lipinski definition) is 9. The van der Waals surface area contributed by atoms with Crippen LogP contribution in [0.15, 0.2) is 36.9 Å². The topological polar surface area (TPSA) is 152 Å². The summed E-state index contributed by atoms with van der Waals surface area (Å²) in [7, 11) is 0. The first-order chi connectivity index (χ1) is 19.4. The fraction of sp³-hybridized carbons (Fsp3) is 0.500. The second-order valence-electron chi connectivity index (χ2n) is 11.1. The van der Waals surface area contributed by atoms with Gasteiger partial charge in [0.15, 0.2) is 12.4 Å². The SMILES string of the molecule is CC(C)(C)OC(=O)N1CCC(N2CC(=O)N(CC(=O)c3ccc(OCC(=O)O)c(Cn4ccnc4)c3)C(=O)C2)CC1. The lowest BCUT2D eigenvalue weighted by atomic mass is 10.0. The van der Waals surface area contributed by atoms with Gasteiger partial charge in [0.25, 0.3) is 0 Å². The van der Waals surface area contributed by atoms with Gasteiger partial charge >= 0.3 is 12.1 Å². The van der Waals surface area contributed by atoms with Crippen LogP contribution in [0.25, 0.3) is 0 Å². The van der Waals surface area contributed by atoms with Crippen molar-refractivity contribution in [3.8, 4) is 5.75 Å². The van der Waals surface area contributed by atoms with Crippen molar-refractivity contribution in [3.05, 3.63) is 48.0 Å². The van der Waals surface area contributed by atoms with Crippen LogP contribution in [0.4, 0.5) is 4.79 Å². The van der Waals surface area contributed by atoms with Crippen molar-refractivity contribution in [1.29, 1.82) is 0 Å². The van der Waals surface area contributed by atoms with Gasteiger partial charge in [0.05, 0.1) is 32.5 Å². The Morgan fingerprint density at radius 2 is 1.76 bits per heavy atom. The Kier molecular flexibility index (Phi) is 9.06. The quantitative estimate of drug-likeness (QED) is 0.349. The molecule has 41 heavy (non-hydrogen) atoms.